The highest BCUT2D eigenvalue weighted by Crippen LogP contribution is 2.43. The quantitative estimate of drug-likeness (QED) is 0.0243. The first-order chi connectivity index (χ1) is 42.5. The third-order valence-corrected chi connectivity index (χ3v) is 17.5. The van der Waals surface area contributed by atoms with Crippen molar-refractivity contribution < 1.29 is 32.9 Å². The molecule has 0 aromatic rings. The van der Waals surface area contributed by atoms with Crippen LogP contribution in [0.2, 0.25) is 0 Å². The Balaban J connectivity index is 4.08. The smallest absolute Gasteiger partial charge is 0.387 e. The number of amides is 1. The molecule has 506 valence electrons. The number of nitrogens with zero attached hydrogens (tertiary/aromatic N) is 1. The van der Waals surface area contributed by atoms with Gasteiger partial charge < -0.3 is 19.8 Å². The Morgan fingerprint density at radius 2 is 0.701 bits per heavy atom. The number of aliphatic hydroxyl groups excluding tert-OH is 1. The van der Waals surface area contributed by atoms with Gasteiger partial charge in [0.15, 0.2) is 0 Å². The third kappa shape index (κ3) is 70.7. The Morgan fingerprint density at radius 3 is 1.06 bits per heavy atom. The predicted octanol–water partition coefficient (Wildman–Crippen LogP) is 24.1. The van der Waals surface area contributed by atoms with Crippen molar-refractivity contribution in [2.75, 3.05) is 40.9 Å². The van der Waals surface area contributed by atoms with Crippen molar-refractivity contribution in [3.8, 4) is 0 Å². The van der Waals surface area contributed by atoms with Crippen LogP contribution < -0.4 is 5.32 Å². The van der Waals surface area contributed by atoms with Crippen molar-refractivity contribution in [1.82, 2.24) is 5.32 Å². The second kappa shape index (κ2) is 67.8. The molecule has 0 rings (SSSR count). The van der Waals surface area contributed by atoms with Gasteiger partial charge in [-0.1, -0.05) is 342 Å². The second-order valence-corrected chi connectivity index (χ2v) is 27.7. The number of quaternary nitrogens is 1. The maximum atomic E-state index is 13.1. The van der Waals surface area contributed by atoms with Gasteiger partial charge in [0.25, 0.3) is 0 Å². The number of phosphoric ester groups is 1. The zero-order chi connectivity index (χ0) is 63.4. The Labute approximate surface area is 540 Å². The first kappa shape index (κ1) is 84.4. The summed E-state index contributed by atoms with van der Waals surface area (Å²) in [4.78, 5) is 23.4. The first-order valence-electron chi connectivity index (χ1n) is 37.1. The number of carbonyl (C=O) groups excluding carboxylic acids is 1. The van der Waals surface area contributed by atoms with Crippen LogP contribution in [0.4, 0.5) is 0 Å². The van der Waals surface area contributed by atoms with Gasteiger partial charge in [0.1, 0.15) is 13.2 Å². The van der Waals surface area contributed by atoms with Gasteiger partial charge >= 0.3 is 7.82 Å². The van der Waals surface area contributed by atoms with Crippen molar-refractivity contribution >= 4 is 13.7 Å². The summed E-state index contributed by atoms with van der Waals surface area (Å²) in [7, 11) is 1.55. The summed E-state index contributed by atoms with van der Waals surface area (Å²) in [6, 6.07) is -0.875. The average Bonchev–Trinajstić information content (AvgIpc) is 3.70. The molecule has 3 atom stereocenters. The first-order valence-corrected chi connectivity index (χ1v) is 38.6. The van der Waals surface area contributed by atoms with E-state index < -0.39 is 20.0 Å². The van der Waals surface area contributed by atoms with Crippen molar-refractivity contribution in [1.29, 1.82) is 0 Å². The minimum Gasteiger partial charge on any atom is -0.387 e. The van der Waals surface area contributed by atoms with Crippen molar-refractivity contribution in [3.63, 3.8) is 0 Å². The molecule has 0 aromatic carbocycles. The molecule has 0 saturated carbocycles. The zero-order valence-electron chi connectivity index (χ0n) is 58.0. The van der Waals surface area contributed by atoms with E-state index in [4.69, 9.17) is 9.05 Å². The molecule has 3 unspecified atom stereocenters. The van der Waals surface area contributed by atoms with Gasteiger partial charge in [-0.2, -0.15) is 0 Å². The summed E-state index contributed by atoms with van der Waals surface area (Å²) in [5.74, 6) is -0.188. The summed E-state index contributed by atoms with van der Waals surface area (Å²) in [5, 5.41) is 14.0. The number of hydrogen-bond acceptors (Lipinski definition) is 5. The maximum Gasteiger partial charge on any atom is 0.472 e. The molecule has 0 aromatic heterocycles. The van der Waals surface area contributed by atoms with Crippen LogP contribution in [0.3, 0.4) is 0 Å². The normalized spacial score (nSPS) is 14.1. The van der Waals surface area contributed by atoms with E-state index in [0.29, 0.717) is 17.4 Å². The monoisotopic (exact) mass is 1240 g/mol. The minimum absolute atomic E-state index is 0.0516. The molecule has 0 fully saturated rings. The van der Waals surface area contributed by atoms with Crippen LogP contribution in [0.25, 0.3) is 0 Å². The minimum atomic E-state index is -4.37. The Bertz CT molecular complexity index is 1740. The standard InChI is InChI=1S/C78H143N2O6P/c1-6-8-10-12-14-16-18-20-22-24-26-28-30-32-34-36-38-39-40-41-42-44-46-48-50-52-54-56-58-60-62-64-66-68-70-72-78(82)79-76(75-86-87(83,84)85-74-73-80(3,4)5)77(81)71-69-67-65-63-61-59-57-55-53-51-49-47-45-43-37-35-33-31-29-27-25-23-21-19-17-15-13-11-9-7-2/h8,10,14,16,20,22,26,28,32,34,53,55,61,63,69,71,76-77,81H,6-7,9,11-13,15,17-19,21,23-25,27,29-31,33,35-52,54,56-60,62,64-68,70,72-75H2,1-5H3,(H-,79,82,83,84)/p+1/b10-8-,16-14-,22-20-,28-26-,34-32-,55-53+,63-61+,71-69+. The number of aliphatic hydroxyl groups is 1. The van der Waals surface area contributed by atoms with E-state index in [-0.39, 0.29) is 19.1 Å². The SMILES string of the molecule is CC/C=C\C/C=C\C/C=C\C/C=C\C/C=C\CCCCCCCCCCCCCCCCCCCCCC(=O)NC(COP(=O)(O)OCC[N+](C)(C)C)C(O)/C=C/CC/C=C/CC/C=C/CCCCCCCCCCCCCCCCCCCCCC. The summed E-state index contributed by atoms with van der Waals surface area (Å²) in [6.07, 6.45) is 98.7. The largest absolute Gasteiger partial charge is 0.472 e. The van der Waals surface area contributed by atoms with E-state index in [9.17, 15) is 19.4 Å². The van der Waals surface area contributed by atoms with E-state index >= 15 is 0 Å². The van der Waals surface area contributed by atoms with Gasteiger partial charge in [-0.15, -0.1) is 0 Å². The van der Waals surface area contributed by atoms with E-state index in [2.05, 4.69) is 104 Å². The number of phosphoric acid groups is 1. The van der Waals surface area contributed by atoms with Gasteiger partial charge in [-0.25, -0.2) is 4.57 Å². The van der Waals surface area contributed by atoms with Crippen LogP contribution in [-0.2, 0) is 18.4 Å². The fourth-order valence-corrected chi connectivity index (χ4v) is 11.5. The second-order valence-electron chi connectivity index (χ2n) is 26.3. The molecule has 8 nitrogen and oxygen atoms in total. The number of nitrogens with one attached hydrogen (secondary N) is 1. The van der Waals surface area contributed by atoms with E-state index in [1.807, 2.05) is 27.2 Å². The molecule has 0 heterocycles. The van der Waals surface area contributed by atoms with Gasteiger partial charge in [0.05, 0.1) is 39.9 Å². The lowest BCUT2D eigenvalue weighted by Crippen LogP contribution is -2.45. The average molecular weight is 1240 g/mol. The molecule has 0 spiro atoms. The number of likely N-dealkylation sites (N-methyl/N-ethyl adjacent to an activating group) is 1. The topological polar surface area (TPSA) is 105 Å². The Morgan fingerprint density at radius 1 is 0.402 bits per heavy atom. The molecular formula is C78H144N2O6P+. The molecule has 0 aliphatic carbocycles. The van der Waals surface area contributed by atoms with E-state index in [1.54, 1.807) is 6.08 Å². The molecular weight excluding hydrogens is 1090 g/mol. The molecule has 3 N–H and O–H groups in total. The molecule has 0 aliphatic heterocycles. The van der Waals surface area contributed by atoms with Crippen LogP contribution in [-0.4, -0.2) is 73.4 Å². The number of carbonyl (C=O) groups is 1. The lowest BCUT2D eigenvalue weighted by molar-refractivity contribution is -0.870. The maximum absolute atomic E-state index is 13.1. The van der Waals surface area contributed by atoms with E-state index in [1.165, 1.54) is 244 Å². The fourth-order valence-electron chi connectivity index (χ4n) is 10.8. The molecule has 1 amide bonds. The van der Waals surface area contributed by atoms with E-state index in [0.717, 1.165) is 77.0 Å². The molecule has 0 saturated heterocycles. The number of hydrogen-bond donors (Lipinski definition) is 3. The number of allylic oxidation sites excluding steroid dienone is 15. The molecule has 9 heteroatoms. The lowest BCUT2D eigenvalue weighted by atomic mass is 10.0. The van der Waals surface area contributed by atoms with Crippen LogP contribution in [0.15, 0.2) is 97.2 Å². The number of unbranched alkanes of at least 4 members (excludes halogenated alkanes) is 41. The van der Waals surface area contributed by atoms with Crippen molar-refractivity contribution in [3.05, 3.63) is 97.2 Å². The van der Waals surface area contributed by atoms with Crippen molar-refractivity contribution in [2.24, 2.45) is 0 Å². The Kier molecular flexibility index (Phi) is 65.8. The van der Waals surface area contributed by atoms with Crippen LogP contribution in [0, 0.1) is 0 Å². The highest BCUT2D eigenvalue weighted by Gasteiger charge is 2.28. The number of rotatable bonds is 68. The Hall–Kier alpha value is -2.58. The van der Waals surface area contributed by atoms with Gasteiger partial charge in [0, 0.05) is 6.42 Å². The summed E-state index contributed by atoms with van der Waals surface area (Å²) >= 11 is 0. The van der Waals surface area contributed by atoms with Gasteiger partial charge in [-0.05, 0) is 89.9 Å². The molecule has 0 radical (unpaired) electrons. The lowest BCUT2D eigenvalue weighted by Gasteiger charge is -2.25. The van der Waals surface area contributed by atoms with Crippen LogP contribution >= 0.6 is 7.82 Å². The summed E-state index contributed by atoms with van der Waals surface area (Å²) in [5.41, 5.74) is 0. The predicted molar refractivity (Wildman–Crippen MR) is 383 cm³/mol. The molecule has 87 heavy (non-hydrogen) atoms. The van der Waals surface area contributed by atoms with Crippen molar-refractivity contribution in [2.45, 2.75) is 353 Å². The van der Waals surface area contributed by atoms with Crippen LogP contribution in [0.5, 0.6) is 0 Å². The fraction of sp³-hybridized carbons (Fsp3) is 0.782. The highest BCUT2D eigenvalue weighted by atomic mass is 31.2. The van der Waals surface area contributed by atoms with Crippen LogP contribution in [0.1, 0.15) is 341 Å². The molecule has 0 bridgehead atoms. The summed E-state index contributed by atoms with van der Waals surface area (Å²) in [6.45, 7) is 4.71. The molecule has 0 aliphatic rings. The third-order valence-electron chi connectivity index (χ3n) is 16.5. The zero-order valence-corrected chi connectivity index (χ0v) is 58.9. The van der Waals surface area contributed by atoms with Gasteiger partial charge in [0.2, 0.25) is 5.91 Å². The van der Waals surface area contributed by atoms with Gasteiger partial charge in [-0.3, -0.25) is 13.8 Å². The summed E-state index contributed by atoms with van der Waals surface area (Å²) < 4.78 is 23.8. The highest BCUT2D eigenvalue weighted by molar-refractivity contribution is 7.47.